The molecule has 0 bridgehead atoms. The lowest BCUT2D eigenvalue weighted by Gasteiger charge is -2.11. The van der Waals surface area contributed by atoms with Gasteiger partial charge >= 0.3 is 6.18 Å². The van der Waals surface area contributed by atoms with E-state index >= 15 is 0 Å². The van der Waals surface area contributed by atoms with Gasteiger partial charge in [-0.15, -0.1) is 6.58 Å². The zero-order valence-corrected chi connectivity index (χ0v) is 12.5. The number of nitrogens with zero attached hydrogens (tertiary/aromatic N) is 1. The van der Waals surface area contributed by atoms with E-state index in [0.717, 1.165) is 17.0 Å². The van der Waals surface area contributed by atoms with Crippen molar-refractivity contribution < 1.29 is 13.2 Å². The minimum absolute atomic E-state index is 0.284. The molecule has 0 saturated carbocycles. The van der Waals surface area contributed by atoms with Crippen molar-refractivity contribution in [1.82, 2.24) is 4.98 Å². The summed E-state index contributed by atoms with van der Waals surface area (Å²) >= 11 is 0. The lowest BCUT2D eigenvalue weighted by Crippen LogP contribution is -2.07. The Balaban J connectivity index is 2.47. The molecule has 2 aromatic rings. The van der Waals surface area contributed by atoms with Gasteiger partial charge in [-0.25, -0.2) is 0 Å². The van der Waals surface area contributed by atoms with E-state index in [9.17, 15) is 13.2 Å². The van der Waals surface area contributed by atoms with E-state index < -0.39 is 12.6 Å². The summed E-state index contributed by atoms with van der Waals surface area (Å²) in [5.74, 6) is 0. The largest absolute Gasteiger partial charge is 0.398 e. The molecule has 0 aliphatic carbocycles. The Morgan fingerprint density at radius 1 is 1.22 bits per heavy atom. The molecule has 0 atom stereocenters. The Hall–Kier alpha value is -2.56. The lowest BCUT2D eigenvalue weighted by atomic mass is 10.0. The highest BCUT2D eigenvalue weighted by Gasteiger charge is 2.25. The van der Waals surface area contributed by atoms with Gasteiger partial charge in [-0.05, 0) is 18.6 Å². The van der Waals surface area contributed by atoms with Crippen molar-refractivity contribution in [1.29, 1.82) is 0 Å². The SMILES string of the molecule is C=CC/C=C(N)\C(=C/CC(F)(F)F)c1cnc2ccccc2c1. The Morgan fingerprint density at radius 2 is 1.96 bits per heavy atom. The van der Waals surface area contributed by atoms with Crippen LogP contribution in [0, 0.1) is 0 Å². The monoisotopic (exact) mass is 318 g/mol. The molecule has 2 rings (SSSR count). The van der Waals surface area contributed by atoms with Gasteiger partial charge in [-0.3, -0.25) is 4.98 Å². The molecule has 0 aliphatic heterocycles. The van der Waals surface area contributed by atoms with Gasteiger partial charge in [0.05, 0.1) is 11.9 Å². The summed E-state index contributed by atoms with van der Waals surface area (Å²) in [7, 11) is 0. The van der Waals surface area contributed by atoms with E-state index in [0.29, 0.717) is 17.6 Å². The number of aromatic nitrogens is 1. The van der Waals surface area contributed by atoms with Gasteiger partial charge in [0.2, 0.25) is 0 Å². The first-order chi connectivity index (χ1) is 10.9. The maximum Gasteiger partial charge on any atom is 0.392 e. The zero-order valence-electron chi connectivity index (χ0n) is 12.5. The molecular formula is C18H17F3N2. The molecule has 0 aliphatic rings. The van der Waals surface area contributed by atoms with Gasteiger partial charge in [0.1, 0.15) is 0 Å². The van der Waals surface area contributed by atoms with Gasteiger partial charge < -0.3 is 5.73 Å². The summed E-state index contributed by atoms with van der Waals surface area (Å²) < 4.78 is 37.7. The van der Waals surface area contributed by atoms with Crippen molar-refractivity contribution in [2.24, 2.45) is 5.73 Å². The number of hydrogen-bond acceptors (Lipinski definition) is 2. The number of fused-ring (bicyclic) bond motifs is 1. The Morgan fingerprint density at radius 3 is 2.65 bits per heavy atom. The molecule has 0 saturated heterocycles. The van der Waals surface area contributed by atoms with Crippen LogP contribution >= 0.6 is 0 Å². The maximum absolute atomic E-state index is 12.6. The quantitative estimate of drug-likeness (QED) is 0.623. The normalized spacial score (nSPS) is 13.3. The number of nitrogens with two attached hydrogens (primary N) is 1. The van der Waals surface area contributed by atoms with Crippen LogP contribution in [0.1, 0.15) is 18.4 Å². The molecule has 0 fully saturated rings. The first kappa shape index (κ1) is 16.8. The smallest absolute Gasteiger partial charge is 0.392 e. The zero-order chi connectivity index (χ0) is 16.9. The van der Waals surface area contributed by atoms with E-state index in [4.69, 9.17) is 5.73 Å². The Kier molecular flexibility index (Phi) is 5.21. The molecule has 1 aromatic heterocycles. The average Bonchev–Trinajstić information content (AvgIpc) is 2.51. The molecule has 23 heavy (non-hydrogen) atoms. The number of para-hydroxylation sites is 1. The first-order valence-corrected chi connectivity index (χ1v) is 7.09. The van der Waals surface area contributed by atoms with E-state index in [-0.39, 0.29) is 5.70 Å². The van der Waals surface area contributed by atoms with Gasteiger partial charge in [0.25, 0.3) is 0 Å². The molecule has 5 heteroatoms. The molecule has 1 heterocycles. The van der Waals surface area contributed by atoms with E-state index in [2.05, 4.69) is 11.6 Å². The van der Waals surface area contributed by atoms with Crippen LogP contribution in [-0.4, -0.2) is 11.2 Å². The van der Waals surface area contributed by atoms with Gasteiger partial charge in [-0.1, -0.05) is 36.4 Å². The number of alkyl halides is 3. The standard InChI is InChI=1S/C18H17F3N2/c1-2-3-7-16(22)15(9-10-18(19,20)21)14-11-13-6-4-5-8-17(13)23-12-14/h2,4-9,11-12H,1,3,10,22H2/b15-9-,16-7+. The predicted octanol–water partition coefficient (Wildman–Crippen LogP) is 4.99. The summed E-state index contributed by atoms with van der Waals surface area (Å²) in [4.78, 5) is 4.28. The van der Waals surface area contributed by atoms with Crippen LogP contribution in [-0.2, 0) is 0 Å². The molecule has 0 amide bonds. The fourth-order valence-corrected chi connectivity index (χ4v) is 2.16. The lowest BCUT2D eigenvalue weighted by molar-refractivity contribution is -0.124. The topological polar surface area (TPSA) is 38.9 Å². The minimum Gasteiger partial charge on any atom is -0.398 e. The fourth-order valence-electron chi connectivity index (χ4n) is 2.16. The molecular weight excluding hydrogens is 301 g/mol. The number of rotatable bonds is 5. The third-order valence-corrected chi connectivity index (χ3v) is 3.25. The first-order valence-electron chi connectivity index (χ1n) is 7.09. The second-order valence-electron chi connectivity index (χ2n) is 5.04. The van der Waals surface area contributed by atoms with Crippen molar-refractivity contribution in [2.45, 2.75) is 19.0 Å². The van der Waals surface area contributed by atoms with Crippen LogP contribution in [0.25, 0.3) is 16.5 Å². The summed E-state index contributed by atoms with van der Waals surface area (Å²) in [6, 6.07) is 9.20. The second-order valence-corrected chi connectivity index (χ2v) is 5.04. The summed E-state index contributed by atoms with van der Waals surface area (Å²) in [6.07, 6.45) is 1.07. The molecule has 0 spiro atoms. The molecule has 2 nitrogen and oxygen atoms in total. The molecule has 2 N–H and O–H groups in total. The summed E-state index contributed by atoms with van der Waals surface area (Å²) in [6.45, 7) is 3.58. The van der Waals surface area contributed by atoms with Crippen LogP contribution in [0.15, 0.2) is 67.0 Å². The Bertz CT molecular complexity index is 758. The fraction of sp³-hybridized carbons (Fsp3) is 0.167. The molecule has 0 radical (unpaired) electrons. The number of halogens is 3. The van der Waals surface area contributed by atoms with Crippen molar-refractivity contribution in [3.8, 4) is 0 Å². The maximum atomic E-state index is 12.6. The van der Waals surface area contributed by atoms with Gasteiger partial charge in [0, 0.05) is 28.4 Å². The van der Waals surface area contributed by atoms with Crippen LogP contribution in [0.5, 0.6) is 0 Å². The van der Waals surface area contributed by atoms with Gasteiger partial charge in [0.15, 0.2) is 0 Å². The summed E-state index contributed by atoms with van der Waals surface area (Å²) in [5, 5.41) is 0.847. The van der Waals surface area contributed by atoms with E-state index in [1.165, 1.54) is 0 Å². The van der Waals surface area contributed by atoms with Crippen LogP contribution in [0.2, 0.25) is 0 Å². The summed E-state index contributed by atoms with van der Waals surface area (Å²) in [5.41, 5.74) is 7.92. The number of hydrogen-bond donors (Lipinski definition) is 1. The Labute approximate surface area is 132 Å². The molecule has 120 valence electrons. The predicted molar refractivity (Wildman–Crippen MR) is 87.5 cm³/mol. The third kappa shape index (κ3) is 4.71. The number of pyridine rings is 1. The molecule has 0 unspecified atom stereocenters. The van der Waals surface area contributed by atoms with Crippen LogP contribution in [0.4, 0.5) is 13.2 Å². The second kappa shape index (κ2) is 7.13. The average molecular weight is 318 g/mol. The van der Waals surface area contributed by atoms with Crippen molar-refractivity contribution >= 4 is 16.5 Å². The minimum atomic E-state index is -4.28. The van der Waals surface area contributed by atoms with Crippen molar-refractivity contribution in [2.75, 3.05) is 0 Å². The third-order valence-electron chi connectivity index (χ3n) is 3.25. The molecule has 1 aromatic carbocycles. The van der Waals surface area contributed by atoms with Crippen LogP contribution in [0.3, 0.4) is 0 Å². The highest BCUT2D eigenvalue weighted by atomic mass is 19.4. The number of allylic oxidation sites excluding steroid dienone is 4. The van der Waals surface area contributed by atoms with Crippen molar-refractivity contribution in [3.63, 3.8) is 0 Å². The van der Waals surface area contributed by atoms with Crippen LogP contribution < -0.4 is 5.73 Å². The number of benzene rings is 1. The van der Waals surface area contributed by atoms with Crippen molar-refractivity contribution in [3.05, 3.63) is 72.6 Å². The van der Waals surface area contributed by atoms with E-state index in [1.807, 2.05) is 24.3 Å². The van der Waals surface area contributed by atoms with E-state index in [1.54, 1.807) is 24.4 Å². The van der Waals surface area contributed by atoms with Gasteiger partial charge in [-0.2, -0.15) is 13.2 Å². The highest BCUT2D eigenvalue weighted by molar-refractivity contribution is 5.86. The highest BCUT2D eigenvalue weighted by Crippen LogP contribution is 2.27.